The van der Waals surface area contributed by atoms with E-state index in [1.165, 1.54) is 55.5 Å². The van der Waals surface area contributed by atoms with Crippen molar-refractivity contribution in [2.75, 3.05) is 5.32 Å². The van der Waals surface area contributed by atoms with Crippen molar-refractivity contribution in [3.63, 3.8) is 0 Å². The highest BCUT2D eigenvalue weighted by molar-refractivity contribution is 7.97. The Bertz CT molecular complexity index is 835. The smallest absolute Gasteiger partial charge is 0.322 e. The van der Waals surface area contributed by atoms with Gasteiger partial charge in [-0.15, -0.1) is 0 Å². The molecule has 2 aromatic carbocycles. The molecular weight excluding hydrogens is 392 g/mol. The second-order valence-corrected chi connectivity index (χ2v) is 7.64. The van der Waals surface area contributed by atoms with E-state index in [4.69, 9.17) is 0 Å². The van der Waals surface area contributed by atoms with Crippen LogP contribution in [0.25, 0.3) is 0 Å². The number of rotatable bonds is 5. The molecule has 0 aliphatic heterocycles. The molecule has 0 spiro atoms. The molecule has 0 saturated heterocycles. The Morgan fingerprint density at radius 2 is 1.79 bits per heavy atom. The second kappa shape index (κ2) is 8.96. The summed E-state index contributed by atoms with van der Waals surface area (Å²) in [6.45, 7) is 0. The number of halogens is 4. The quantitative estimate of drug-likeness (QED) is 0.466. The van der Waals surface area contributed by atoms with Crippen LogP contribution in [-0.2, 0) is 6.18 Å². The summed E-state index contributed by atoms with van der Waals surface area (Å²) in [6, 6.07) is 8.78. The van der Waals surface area contributed by atoms with Crippen LogP contribution in [0.2, 0.25) is 0 Å². The lowest BCUT2D eigenvalue weighted by Gasteiger charge is -2.22. The van der Waals surface area contributed by atoms with Gasteiger partial charge in [0.2, 0.25) is 0 Å². The number of hydrogen-bond acceptors (Lipinski definition) is 3. The zero-order chi connectivity index (χ0) is 20.1. The average molecular weight is 412 g/mol. The molecule has 0 atom stereocenters. The Morgan fingerprint density at radius 3 is 2.50 bits per heavy atom. The molecule has 0 bridgehead atoms. The third kappa shape index (κ3) is 5.48. The van der Waals surface area contributed by atoms with Crippen molar-refractivity contribution in [1.29, 1.82) is 0 Å². The first-order chi connectivity index (χ1) is 13.3. The lowest BCUT2D eigenvalue weighted by molar-refractivity contribution is -0.137. The van der Waals surface area contributed by atoms with Crippen LogP contribution in [0.15, 0.2) is 47.4 Å². The molecule has 1 aliphatic carbocycles. The van der Waals surface area contributed by atoms with Gasteiger partial charge < -0.3 is 5.32 Å². The molecule has 0 aromatic heterocycles. The molecule has 1 amide bonds. The maximum absolute atomic E-state index is 14.1. The SMILES string of the molecule is O=C(Nc1cccc(C(F)(F)F)c1)c1cc(SNC2CCCCC2)ccc1F. The molecule has 3 nitrogen and oxygen atoms in total. The lowest BCUT2D eigenvalue weighted by atomic mass is 9.96. The number of anilines is 1. The molecule has 0 heterocycles. The molecule has 3 rings (SSSR count). The van der Waals surface area contributed by atoms with Crippen molar-refractivity contribution >= 4 is 23.5 Å². The van der Waals surface area contributed by atoms with Crippen LogP contribution in [0.5, 0.6) is 0 Å². The number of carbonyl (C=O) groups excluding carboxylic acids is 1. The van der Waals surface area contributed by atoms with E-state index >= 15 is 0 Å². The Balaban J connectivity index is 1.69. The van der Waals surface area contributed by atoms with Gasteiger partial charge in [0.25, 0.3) is 5.91 Å². The predicted molar refractivity (Wildman–Crippen MR) is 102 cm³/mol. The predicted octanol–water partition coefficient (Wildman–Crippen LogP) is 6.03. The van der Waals surface area contributed by atoms with Gasteiger partial charge in [-0.2, -0.15) is 13.2 Å². The number of benzene rings is 2. The van der Waals surface area contributed by atoms with E-state index in [1.807, 2.05) is 0 Å². The fraction of sp³-hybridized carbons (Fsp3) is 0.350. The molecule has 0 unspecified atom stereocenters. The van der Waals surface area contributed by atoms with Gasteiger partial charge in [-0.1, -0.05) is 25.3 Å². The van der Waals surface area contributed by atoms with Crippen molar-refractivity contribution in [3.8, 4) is 0 Å². The summed E-state index contributed by atoms with van der Waals surface area (Å²) < 4.78 is 55.9. The summed E-state index contributed by atoms with van der Waals surface area (Å²) in [7, 11) is 0. The van der Waals surface area contributed by atoms with E-state index in [0.29, 0.717) is 10.9 Å². The second-order valence-electron chi connectivity index (χ2n) is 6.73. The van der Waals surface area contributed by atoms with Crippen LogP contribution in [0.4, 0.5) is 23.2 Å². The van der Waals surface area contributed by atoms with Gasteiger partial charge in [0.15, 0.2) is 0 Å². The van der Waals surface area contributed by atoms with E-state index < -0.39 is 23.5 Å². The first-order valence-electron chi connectivity index (χ1n) is 9.03. The van der Waals surface area contributed by atoms with Gasteiger partial charge in [-0.05, 0) is 61.2 Å². The number of carbonyl (C=O) groups is 1. The zero-order valence-corrected chi connectivity index (χ0v) is 15.8. The number of amides is 1. The molecule has 28 heavy (non-hydrogen) atoms. The van der Waals surface area contributed by atoms with Crippen molar-refractivity contribution in [1.82, 2.24) is 4.72 Å². The maximum atomic E-state index is 14.1. The van der Waals surface area contributed by atoms with Gasteiger partial charge in [0, 0.05) is 16.6 Å². The largest absolute Gasteiger partial charge is 0.416 e. The summed E-state index contributed by atoms with van der Waals surface area (Å²) in [5.74, 6) is -1.52. The van der Waals surface area contributed by atoms with Gasteiger partial charge >= 0.3 is 6.18 Å². The summed E-state index contributed by atoms with van der Waals surface area (Å²) in [6.07, 6.45) is 1.22. The van der Waals surface area contributed by atoms with E-state index in [0.717, 1.165) is 25.0 Å². The van der Waals surface area contributed by atoms with Crippen LogP contribution >= 0.6 is 11.9 Å². The molecule has 1 fully saturated rings. The Labute approximate surface area is 165 Å². The van der Waals surface area contributed by atoms with E-state index in [2.05, 4.69) is 10.0 Å². The van der Waals surface area contributed by atoms with Crippen LogP contribution in [0.3, 0.4) is 0 Å². The van der Waals surface area contributed by atoms with E-state index in [1.54, 1.807) is 6.07 Å². The van der Waals surface area contributed by atoms with Gasteiger partial charge in [-0.3, -0.25) is 9.52 Å². The monoisotopic (exact) mass is 412 g/mol. The van der Waals surface area contributed by atoms with Crippen LogP contribution in [0, 0.1) is 5.82 Å². The maximum Gasteiger partial charge on any atom is 0.416 e. The highest BCUT2D eigenvalue weighted by Gasteiger charge is 2.30. The van der Waals surface area contributed by atoms with Gasteiger partial charge in [-0.25, -0.2) is 4.39 Å². The standard InChI is InChI=1S/C20H20F4N2OS/c21-18-10-9-16(28-26-14-6-2-1-3-7-14)12-17(18)19(27)25-15-8-4-5-13(11-15)20(22,23)24/h4-5,8-12,14,26H,1-3,6-7H2,(H,25,27). The van der Waals surface area contributed by atoms with Crippen LogP contribution < -0.4 is 10.0 Å². The van der Waals surface area contributed by atoms with E-state index in [9.17, 15) is 22.4 Å². The van der Waals surface area contributed by atoms with E-state index in [-0.39, 0.29) is 11.3 Å². The molecular formula is C20H20F4N2OS. The molecule has 1 saturated carbocycles. The summed E-state index contributed by atoms with van der Waals surface area (Å²) >= 11 is 1.33. The van der Waals surface area contributed by atoms with Crippen LogP contribution in [-0.4, -0.2) is 11.9 Å². The molecule has 2 N–H and O–H groups in total. The first kappa shape index (κ1) is 20.7. The summed E-state index contributed by atoms with van der Waals surface area (Å²) in [5.41, 5.74) is -1.14. The fourth-order valence-electron chi connectivity index (χ4n) is 3.09. The molecule has 2 aromatic rings. The van der Waals surface area contributed by atoms with Crippen molar-refractivity contribution in [2.24, 2.45) is 0 Å². The fourth-order valence-corrected chi connectivity index (χ4v) is 3.94. The van der Waals surface area contributed by atoms with Crippen molar-refractivity contribution < 1.29 is 22.4 Å². The third-order valence-electron chi connectivity index (χ3n) is 4.58. The molecule has 1 aliphatic rings. The Hall–Kier alpha value is -2.06. The minimum absolute atomic E-state index is 0.0439. The lowest BCUT2D eigenvalue weighted by Crippen LogP contribution is -2.25. The first-order valence-corrected chi connectivity index (χ1v) is 9.85. The van der Waals surface area contributed by atoms with Crippen LogP contribution in [0.1, 0.15) is 48.0 Å². The topological polar surface area (TPSA) is 41.1 Å². The molecule has 8 heteroatoms. The summed E-state index contributed by atoms with van der Waals surface area (Å²) in [4.78, 5) is 13.1. The number of hydrogen-bond donors (Lipinski definition) is 2. The van der Waals surface area contributed by atoms with Gasteiger partial charge in [0.05, 0.1) is 11.1 Å². The minimum Gasteiger partial charge on any atom is -0.322 e. The Morgan fingerprint density at radius 1 is 1.04 bits per heavy atom. The highest BCUT2D eigenvalue weighted by atomic mass is 32.2. The minimum atomic E-state index is -4.52. The van der Waals surface area contributed by atoms with Crippen molar-refractivity contribution in [3.05, 3.63) is 59.4 Å². The molecule has 0 radical (unpaired) electrons. The number of nitrogens with one attached hydrogen (secondary N) is 2. The number of alkyl halides is 3. The van der Waals surface area contributed by atoms with Gasteiger partial charge in [0.1, 0.15) is 5.82 Å². The third-order valence-corrected chi connectivity index (χ3v) is 5.52. The normalized spacial score (nSPS) is 15.4. The average Bonchev–Trinajstić information content (AvgIpc) is 2.67. The highest BCUT2D eigenvalue weighted by Crippen LogP contribution is 2.31. The summed E-state index contributed by atoms with van der Waals surface area (Å²) in [5, 5.41) is 2.34. The Kier molecular flexibility index (Phi) is 6.61. The zero-order valence-electron chi connectivity index (χ0n) is 15.0. The van der Waals surface area contributed by atoms with Crippen molar-refractivity contribution in [2.45, 2.75) is 49.2 Å². The molecule has 150 valence electrons.